The summed E-state index contributed by atoms with van der Waals surface area (Å²) in [5.74, 6) is -0.427. The van der Waals surface area contributed by atoms with E-state index >= 15 is 0 Å². The number of rotatable bonds is 4. The third-order valence-corrected chi connectivity index (χ3v) is 3.86. The van der Waals surface area contributed by atoms with Gasteiger partial charge in [0.05, 0.1) is 17.3 Å². The maximum atomic E-state index is 11.4. The number of halogens is 1. The molecule has 1 heterocycles. The van der Waals surface area contributed by atoms with Gasteiger partial charge in [-0.25, -0.2) is 0 Å². The van der Waals surface area contributed by atoms with Crippen LogP contribution in [0.2, 0.25) is 5.02 Å². The second-order valence-corrected chi connectivity index (χ2v) is 5.34. The summed E-state index contributed by atoms with van der Waals surface area (Å²) in [4.78, 5) is 13.5. The number of nitrogens with one attached hydrogen (secondary N) is 1. The molecule has 2 aliphatic rings. The van der Waals surface area contributed by atoms with Gasteiger partial charge in [-0.2, -0.15) is 0 Å². The first-order chi connectivity index (χ1) is 9.11. The molecular weight excluding hydrogens is 268 g/mol. The third-order valence-electron chi connectivity index (χ3n) is 3.56. The fourth-order valence-electron chi connectivity index (χ4n) is 2.47. The zero-order valence-electron chi connectivity index (χ0n) is 10.3. The van der Waals surface area contributed by atoms with Crippen LogP contribution in [-0.2, 0) is 4.79 Å². The van der Waals surface area contributed by atoms with Crippen molar-refractivity contribution in [1.29, 1.82) is 0 Å². The van der Waals surface area contributed by atoms with Gasteiger partial charge >= 0.3 is 0 Å². The molecule has 1 fully saturated rings. The molecule has 1 aliphatic carbocycles. The standard InChI is InChI=1S/C13H15ClN2O3/c14-9-5-8-10(15-13(19)12(8)18)6-11(9)16(3-4-17)7-1-2-7/h5-7,12,17-18H,1-4H2,(H,15,19). The second kappa shape index (κ2) is 4.67. The molecule has 1 aromatic carbocycles. The summed E-state index contributed by atoms with van der Waals surface area (Å²) in [5.41, 5.74) is 1.91. The van der Waals surface area contributed by atoms with E-state index in [0.717, 1.165) is 18.5 Å². The first kappa shape index (κ1) is 12.7. The average Bonchev–Trinajstić information content (AvgIpc) is 3.17. The molecule has 0 spiro atoms. The summed E-state index contributed by atoms with van der Waals surface area (Å²) < 4.78 is 0. The molecule has 6 heteroatoms. The minimum Gasteiger partial charge on any atom is -0.395 e. The highest BCUT2D eigenvalue weighted by Crippen LogP contribution is 2.41. The van der Waals surface area contributed by atoms with Crippen molar-refractivity contribution in [1.82, 2.24) is 0 Å². The minimum absolute atomic E-state index is 0.0545. The number of carbonyl (C=O) groups excluding carboxylic acids is 1. The fraction of sp³-hybridized carbons (Fsp3) is 0.462. The molecule has 1 aliphatic heterocycles. The van der Waals surface area contributed by atoms with E-state index in [0.29, 0.717) is 28.9 Å². The van der Waals surface area contributed by atoms with Crippen molar-refractivity contribution in [2.45, 2.75) is 25.0 Å². The monoisotopic (exact) mass is 282 g/mol. The summed E-state index contributed by atoms with van der Waals surface area (Å²) in [6.07, 6.45) is 1.03. The van der Waals surface area contributed by atoms with Crippen molar-refractivity contribution < 1.29 is 15.0 Å². The SMILES string of the molecule is O=C1Nc2cc(N(CCO)C3CC3)c(Cl)cc2C1O. The first-order valence-corrected chi connectivity index (χ1v) is 6.69. The number of aliphatic hydroxyl groups is 2. The number of nitrogens with zero attached hydrogens (tertiary/aromatic N) is 1. The van der Waals surface area contributed by atoms with Gasteiger partial charge in [-0.05, 0) is 25.0 Å². The number of anilines is 2. The van der Waals surface area contributed by atoms with Gasteiger partial charge in [0.15, 0.2) is 6.10 Å². The van der Waals surface area contributed by atoms with Crippen molar-refractivity contribution in [3.8, 4) is 0 Å². The molecule has 0 aromatic heterocycles. The van der Waals surface area contributed by atoms with E-state index < -0.39 is 12.0 Å². The Kier molecular flexibility index (Phi) is 3.12. The molecular formula is C13H15ClN2O3. The Hall–Kier alpha value is -1.30. The van der Waals surface area contributed by atoms with Crippen molar-refractivity contribution in [2.75, 3.05) is 23.4 Å². The molecule has 1 aromatic rings. The van der Waals surface area contributed by atoms with Gasteiger partial charge in [-0.1, -0.05) is 11.6 Å². The van der Waals surface area contributed by atoms with E-state index in [1.54, 1.807) is 12.1 Å². The second-order valence-electron chi connectivity index (χ2n) is 4.93. The van der Waals surface area contributed by atoms with Crippen LogP contribution < -0.4 is 10.2 Å². The summed E-state index contributed by atoms with van der Waals surface area (Å²) in [7, 11) is 0. The first-order valence-electron chi connectivity index (χ1n) is 6.31. The predicted octanol–water partition coefficient (Wildman–Crippen LogP) is 1.29. The molecule has 3 N–H and O–H groups in total. The Labute approximate surface area is 115 Å². The molecule has 1 atom stereocenters. The number of hydrogen-bond acceptors (Lipinski definition) is 4. The largest absolute Gasteiger partial charge is 0.395 e. The van der Waals surface area contributed by atoms with Gasteiger partial charge in [0.2, 0.25) is 0 Å². The predicted molar refractivity (Wildman–Crippen MR) is 72.5 cm³/mol. The van der Waals surface area contributed by atoms with Gasteiger partial charge < -0.3 is 20.4 Å². The van der Waals surface area contributed by atoms with Crippen molar-refractivity contribution >= 4 is 28.9 Å². The highest BCUT2D eigenvalue weighted by atomic mass is 35.5. The summed E-state index contributed by atoms with van der Waals surface area (Å²) in [6, 6.07) is 3.81. The number of fused-ring (bicyclic) bond motifs is 1. The topological polar surface area (TPSA) is 72.8 Å². The van der Waals surface area contributed by atoms with Crippen LogP contribution in [-0.4, -0.2) is 35.3 Å². The number of amides is 1. The molecule has 0 radical (unpaired) electrons. The van der Waals surface area contributed by atoms with Crippen LogP contribution in [0.15, 0.2) is 12.1 Å². The van der Waals surface area contributed by atoms with Crippen molar-refractivity contribution in [3.63, 3.8) is 0 Å². The highest BCUT2D eigenvalue weighted by molar-refractivity contribution is 6.33. The Balaban J connectivity index is 1.99. The Morgan fingerprint density at radius 1 is 1.42 bits per heavy atom. The minimum atomic E-state index is -1.14. The van der Waals surface area contributed by atoms with Crippen LogP contribution in [0.4, 0.5) is 11.4 Å². The van der Waals surface area contributed by atoms with Gasteiger partial charge in [-0.15, -0.1) is 0 Å². The van der Waals surface area contributed by atoms with Gasteiger partial charge in [0.25, 0.3) is 5.91 Å². The van der Waals surface area contributed by atoms with Crippen LogP contribution >= 0.6 is 11.6 Å². The summed E-state index contributed by atoms with van der Waals surface area (Å²) in [6.45, 7) is 0.568. The molecule has 3 rings (SSSR count). The van der Waals surface area contributed by atoms with E-state index in [9.17, 15) is 9.90 Å². The van der Waals surface area contributed by atoms with Crippen LogP contribution in [0.1, 0.15) is 24.5 Å². The molecule has 1 amide bonds. The van der Waals surface area contributed by atoms with Crippen LogP contribution in [0.3, 0.4) is 0 Å². The number of carbonyl (C=O) groups is 1. The molecule has 0 saturated heterocycles. The number of benzene rings is 1. The van der Waals surface area contributed by atoms with Crippen molar-refractivity contribution in [3.05, 3.63) is 22.7 Å². The van der Waals surface area contributed by atoms with Gasteiger partial charge in [0.1, 0.15) is 0 Å². The lowest BCUT2D eigenvalue weighted by atomic mass is 10.1. The van der Waals surface area contributed by atoms with E-state index in [2.05, 4.69) is 10.2 Å². The summed E-state index contributed by atoms with van der Waals surface area (Å²) >= 11 is 6.25. The Morgan fingerprint density at radius 3 is 2.79 bits per heavy atom. The van der Waals surface area contributed by atoms with Crippen molar-refractivity contribution in [2.24, 2.45) is 0 Å². The van der Waals surface area contributed by atoms with Crippen LogP contribution in [0.25, 0.3) is 0 Å². The third kappa shape index (κ3) is 2.18. The quantitative estimate of drug-likeness (QED) is 0.778. The number of hydrogen-bond donors (Lipinski definition) is 3. The molecule has 1 unspecified atom stereocenters. The van der Waals surface area contributed by atoms with Gasteiger partial charge in [-0.3, -0.25) is 4.79 Å². The van der Waals surface area contributed by atoms with Gasteiger partial charge in [0, 0.05) is 23.8 Å². The molecule has 19 heavy (non-hydrogen) atoms. The summed E-state index contributed by atoms with van der Waals surface area (Å²) in [5, 5.41) is 22.0. The molecule has 102 valence electrons. The zero-order chi connectivity index (χ0) is 13.6. The van der Waals surface area contributed by atoms with Crippen LogP contribution in [0.5, 0.6) is 0 Å². The lowest BCUT2D eigenvalue weighted by molar-refractivity contribution is -0.123. The average molecular weight is 283 g/mol. The van der Waals surface area contributed by atoms with E-state index in [4.69, 9.17) is 16.7 Å². The fourth-order valence-corrected chi connectivity index (χ4v) is 2.75. The normalized spacial score (nSPS) is 21.2. The Bertz CT molecular complexity index is 531. The Morgan fingerprint density at radius 2 is 2.16 bits per heavy atom. The lowest BCUT2D eigenvalue weighted by Crippen LogP contribution is -2.29. The maximum absolute atomic E-state index is 11.4. The molecule has 1 saturated carbocycles. The van der Waals surface area contributed by atoms with E-state index in [-0.39, 0.29) is 6.61 Å². The number of aliphatic hydroxyl groups excluding tert-OH is 2. The van der Waals surface area contributed by atoms with E-state index in [1.165, 1.54) is 0 Å². The van der Waals surface area contributed by atoms with E-state index in [1.807, 2.05) is 0 Å². The zero-order valence-corrected chi connectivity index (χ0v) is 11.0. The smallest absolute Gasteiger partial charge is 0.257 e. The molecule has 0 bridgehead atoms. The maximum Gasteiger partial charge on any atom is 0.257 e. The highest BCUT2D eigenvalue weighted by Gasteiger charge is 2.33. The lowest BCUT2D eigenvalue weighted by Gasteiger charge is -2.25. The van der Waals surface area contributed by atoms with Crippen LogP contribution in [0, 0.1) is 0 Å². The molecule has 5 nitrogen and oxygen atoms in total.